The molecule has 4 nitrogen and oxygen atoms in total. The van der Waals surface area contributed by atoms with Crippen LogP contribution in [-0.2, 0) is 24.2 Å². The molecule has 3 rings (SSSR count). The molecule has 2 aromatic heterocycles. The zero-order chi connectivity index (χ0) is 18.0. The molecule has 0 spiro atoms. The van der Waals surface area contributed by atoms with Gasteiger partial charge in [-0.05, 0) is 43.1 Å². The summed E-state index contributed by atoms with van der Waals surface area (Å²) >= 11 is 1.66. The van der Waals surface area contributed by atoms with Crippen LogP contribution in [0.3, 0.4) is 0 Å². The zero-order valence-electron chi connectivity index (χ0n) is 15.6. The summed E-state index contributed by atoms with van der Waals surface area (Å²) in [6.07, 6.45) is 7.80. The predicted octanol–water partition coefficient (Wildman–Crippen LogP) is 3.92. The molecule has 25 heavy (non-hydrogen) atoms. The lowest BCUT2D eigenvalue weighted by Crippen LogP contribution is -2.34. The average molecular weight is 359 g/mol. The average Bonchev–Trinajstić information content (AvgIpc) is 2.94. The van der Waals surface area contributed by atoms with Crippen LogP contribution in [0.1, 0.15) is 49.7 Å². The molecule has 0 fully saturated rings. The maximum Gasteiger partial charge on any atom is 0.232 e. The minimum Gasteiger partial charge on any atom is -0.302 e. The number of aromatic nitrogens is 2. The third-order valence-corrected chi connectivity index (χ3v) is 6.10. The van der Waals surface area contributed by atoms with E-state index in [2.05, 4.69) is 50.1 Å². The first-order chi connectivity index (χ1) is 11.8. The third-order valence-electron chi connectivity index (χ3n) is 5.07. The van der Waals surface area contributed by atoms with E-state index < -0.39 is 0 Å². The van der Waals surface area contributed by atoms with Crippen LogP contribution in [0.15, 0.2) is 24.5 Å². The molecule has 0 saturated heterocycles. The third kappa shape index (κ3) is 4.66. The van der Waals surface area contributed by atoms with Gasteiger partial charge in [0.1, 0.15) is 0 Å². The smallest absolute Gasteiger partial charge is 0.232 e. The molecule has 5 heteroatoms. The molecule has 1 amide bonds. The van der Waals surface area contributed by atoms with Crippen molar-refractivity contribution in [3.8, 4) is 0 Å². The molecule has 0 radical (unpaired) electrons. The Morgan fingerprint density at radius 2 is 2.08 bits per heavy atom. The van der Waals surface area contributed by atoms with Crippen molar-refractivity contribution in [1.82, 2.24) is 4.98 Å². The number of aryl methyl sites for hydroxylation is 3. The van der Waals surface area contributed by atoms with Gasteiger partial charge in [0.15, 0.2) is 24.1 Å². The van der Waals surface area contributed by atoms with E-state index in [1.165, 1.54) is 22.6 Å². The summed E-state index contributed by atoms with van der Waals surface area (Å²) in [4.78, 5) is 18.2. The first-order valence-electron chi connectivity index (χ1n) is 9.05. The standard InChI is InChI=1S/C20H27N3OS/c1-14-7-10-23(11-8-14)12-9-18(24)22-19-21-16-6-5-15(20(2,3)4)13-17(16)25-19/h7-8,10-11,15H,5-6,9,12-13H2,1-4H3/p+1. The van der Waals surface area contributed by atoms with E-state index >= 15 is 0 Å². The molecule has 0 aliphatic heterocycles. The Morgan fingerprint density at radius 3 is 2.76 bits per heavy atom. The van der Waals surface area contributed by atoms with Crippen molar-refractivity contribution in [2.24, 2.45) is 11.3 Å². The van der Waals surface area contributed by atoms with Gasteiger partial charge in [-0.15, -0.1) is 11.3 Å². The molecule has 2 aromatic rings. The van der Waals surface area contributed by atoms with Gasteiger partial charge in [-0.2, -0.15) is 0 Å². The molecule has 0 aromatic carbocycles. The number of nitrogens with one attached hydrogen (secondary N) is 1. The molecular formula is C20H28N3OS+. The van der Waals surface area contributed by atoms with Crippen molar-refractivity contribution >= 4 is 22.4 Å². The van der Waals surface area contributed by atoms with E-state index in [0.29, 0.717) is 24.3 Å². The van der Waals surface area contributed by atoms with Gasteiger partial charge in [-0.1, -0.05) is 20.8 Å². The van der Waals surface area contributed by atoms with Crippen molar-refractivity contribution in [3.63, 3.8) is 0 Å². The lowest BCUT2D eigenvalue weighted by atomic mass is 9.73. The molecular weight excluding hydrogens is 330 g/mol. The molecule has 2 heterocycles. The highest BCUT2D eigenvalue weighted by molar-refractivity contribution is 7.15. The van der Waals surface area contributed by atoms with Crippen LogP contribution >= 0.6 is 11.3 Å². The van der Waals surface area contributed by atoms with Crippen LogP contribution < -0.4 is 9.88 Å². The first kappa shape index (κ1) is 18.1. The van der Waals surface area contributed by atoms with Gasteiger partial charge in [0, 0.05) is 17.0 Å². The topological polar surface area (TPSA) is 45.9 Å². The first-order valence-corrected chi connectivity index (χ1v) is 9.87. The molecule has 1 aliphatic carbocycles. The Hall–Kier alpha value is -1.75. The van der Waals surface area contributed by atoms with Crippen molar-refractivity contribution in [2.45, 2.75) is 59.9 Å². The number of thiazole rings is 1. The Balaban J connectivity index is 1.56. The minimum absolute atomic E-state index is 0.0338. The number of amides is 1. The summed E-state index contributed by atoms with van der Waals surface area (Å²) < 4.78 is 2.04. The maximum absolute atomic E-state index is 12.2. The molecule has 1 atom stereocenters. The highest BCUT2D eigenvalue weighted by Crippen LogP contribution is 2.40. The monoisotopic (exact) mass is 358 g/mol. The molecule has 1 unspecified atom stereocenters. The number of anilines is 1. The number of rotatable bonds is 4. The number of carbonyl (C=O) groups excluding carboxylic acids is 1. The summed E-state index contributed by atoms with van der Waals surface area (Å²) in [5.41, 5.74) is 2.74. The summed E-state index contributed by atoms with van der Waals surface area (Å²) in [7, 11) is 0. The number of hydrogen-bond acceptors (Lipinski definition) is 3. The second-order valence-corrected chi connectivity index (χ2v) is 9.19. The van der Waals surface area contributed by atoms with Gasteiger partial charge < -0.3 is 5.32 Å². The van der Waals surface area contributed by atoms with E-state index in [1.807, 2.05) is 17.0 Å². The number of carbonyl (C=O) groups is 1. The second-order valence-electron chi connectivity index (χ2n) is 8.11. The Labute approximate surface area is 154 Å². The fraction of sp³-hybridized carbons (Fsp3) is 0.550. The van der Waals surface area contributed by atoms with Gasteiger partial charge in [0.05, 0.1) is 12.1 Å². The zero-order valence-corrected chi connectivity index (χ0v) is 16.4. The molecule has 1 aliphatic rings. The lowest BCUT2D eigenvalue weighted by molar-refractivity contribution is -0.695. The van der Waals surface area contributed by atoms with Gasteiger partial charge in [0.25, 0.3) is 0 Å². The van der Waals surface area contributed by atoms with Gasteiger partial charge >= 0.3 is 0 Å². The van der Waals surface area contributed by atoms with Crippen molar-refractivity contribution in [3.05, 3.63) is 40.7 Å². The van der Waals surface area contributed by atoms with Gasteiger partial charge in [0.2, 0.25) is 5.91 Å². The van der Waals surface area contributed by atoms with Crippen LogP contribution in [0.2, 0.25) is 0 Å². The maximum atomic E-state index is 12.2. The van der Waals surface area contributed by atoms with E-state index in [1.54, 1.807) is 11.3 Å². The lowest BCUT2D eigenvalue weighted by Gasteiger charge is -2.33. The Morgan fingerprint density at radius 1 is 1.36 bits per heavy atom. The fourth-order valence-electron chi connectivity index (χ4n) is 3.26. The van der Waals surface area contributed by atoms with Crippen LogP contribution in [0.25, 0.3) is 0 Å². The summed E-state index contributed by atoms with van der Waals surface area (Å²) in [6.45, 7) is 9.69. The molecule has 0 bridgehead atoms. The van der Waals surface area contributed by atoms with Crippen LogP contribution in [0, 0.1) is 18.3 Å². The quantitative estimate of drug-likeness (QED) is 0.842. The normalized spacial score (nSPS) is 17.2. The summed E-state index contributed by atoms with van der Waals surface area (Å²) in [5.74, 6) is 0.730. The number of pyridine rings is 1. The second kappa shape index (κ2) is 7.24. The molecule has 134 valence electrons. The van der Waals surface area contributed by atoms with Crippen LogP contribution in [-0.4, -0.2) is 10.9 Å². The number of fused-ring (bicyclic) bond motifs is 1. The van der Waals surface area contributed by atoms with E-state index in [9.17, 15) is 4.79 Å². The van der Waals surface area contributed by atoms with Crippen molar-refractivity contribution in [2.75, 3.05) is 5.32 Å². The number of nitrogens with zero attached hydrogens (tertiary/aromatic N) is 2. The minimum atomic E-state index is 0.0338. The Kier molecular flexibility index (Phi) is 5.23. The van der Waals surface area contributed by atoms with Crippen molar-refractivity contribution < 1.29 is 9.36 Å². The fourth-order valence-corrected chi connectivity index (χ4v) is 4.37. The number of hydrogen-bond donors (Lipinski definition) is 1. The SMILES string of the molecule is Cc1cc[n+](CCC(=O)Nc2nc3c(s2)CC(C(C)(C)C)CC3)cc1. The molecule has 1 N–H and O–H groups in total. The van der Waals surface area contributed by atoms with Gasteiger partial charge in [-0.25, -0.2) is 9.55 Å². The highest BCUT2D eigenvalue weighted by Gasteiger charge is 2.30. The van der Waals surface area contributed by atoms with Crippen LogP contribution in [0.4, 0.5) is 5.13 Å². The predicted molar refractivity (Wildman–Crippen MR) is 102 cm³/mol. The molecule has 0 saturated carbocycles. The summed E-state index contributed by atoms with van der Waals surface area (Å²) in [5, 5.41) is 3.75. The van der Waals surface area contributed by atoms with E-state index in [4.69, 9.17) is 0 Å². The highest BCUT2D eigenvalue weighted by atomic mass is 32.1. The van der Waals surface area contributed by atoms with E-state index in [0.717, 1.165) is 18.0 Å². The van der Waals surface area contributed by atoms with E-state index in [-0.39, 0.29) is 5.91 Å². The summed E-state index contributed by atoms with van der Waals surface area (Å²) in [6, 6.07) is 4.11. The van der Waals surface area contributed by atoms with Crippen LogP contribution in [0.5, 0.6) is 0 Å². The van der Waals surface area contributed by atoms with Crippen molar-refractivity contribution in [1.29, 1.82) is 0 Å². The largest absolute Gasteiger partial charge is 0.302 e. The van der Waals surface area contributed by atoms with Gasteiger partial charge in [-0.3, -0.25) is 4.79 Å². The Bertz CT molecular complexity index is 743.